The van der Waals surface area contributed by atoms with Gasteiger partial charge in [0.15, 0.2) is 6.10 Å². The summed E-state index contributed by atoms with van der Waals surface area (Å²) in [5.41, 5.74) is 0.493. The summed E-state index contributed by atoms with van der Waals surface area (Å²) >= 11 is 0. The first-order valence-electron chi connectivity index (χ1n) is 7.03. The van der Waals surface area contributed by atoms with Gasteiger partial charge in [-0.3, -0.25) is 4.79 Å². The highest BCUT2D eigenvalue weighted by atomic mass is 16.5. The molecular weight excluding hydrogens is 284 g/mol. The first kappa shape index (κ1) is 17.5. The van der Waals surface area contributed by atoms with Crippen LogP contribution in [0.1, 0.15) is 32.8 Å². The molecule has 6 nitrogen and oxygen atoms in total. The zero-order valence-electron chi connectivity index (χ0n) is 12.9. The highest BCUT2D eigenvalue weighted by Crippen LogP contribution is 2.14. The Kier molecular flexibility index (Phi) is 6.39. The van der Waals surface area contributed by atoms with E-state index < -0.39 is 24.0 Å². The number of carboxylic acid groups (broad SMARTS) is 1. The summed E-state index contributed by atoms with van der Waals surface area (Å²) < 4.78 is 5.45. The Balaban J connectivity index is 2.63. The van der Waals surface area contributed by atoms with Gasteiger partial charge in [-0.25, -0.2) is 4.79 Å². The van der Waals surface area contributed by atoms with Gasteiger partial charge >= 0.3 is 5.97 Å². The number of amides is 1. The number of aliphatic carboxylic acids is 1. The van der Waals surface area contributed by atoms with Crippen molar-refractivity contribution in [3.63, 3.8) is 0 Å². The van der Waals surface area contributed by atoms with Crippen molar-refractivity contribution in [1.82, 2.24) is 5.32 Å². The van der Waals surface area contributed by atoms with Gasteiger partial charge in [0.2, 0.25) is 0 Å². The second-order valence-corrected chi connectivity index (χ2v) is 5.43. The Morgan fingerprint density at radius 3 is 2.32 bits per heavy atom. The van der Waals surface area contributed by atoms with Gasteiger partial charge in [-0.2, -0.15) is 5.26 Å². The van der Waals surface area contributed by atoms with E-state index in [1.807, 2.05) is 19.9 Å². The third-order valence-electron chi connectivity index (χ3n) is 2.99. The van der Waals surface area contributed by atoms with Gasteiger partial charge in [0.1, 0.15) is 11.8 Å². The van der Waals surface area contributed by atoms with Crippen molar-refractivity contribution in [3.8, 4) is 11.8 Å². The molecule has 22 heavy (non-hydrogen) atoms. The molecule has 0 radical (unpaired) electrons. The van der Waals surface area contributed by atoms with Gasteiger partial charge in [0, 0.05) is 0 Å². The normalized spacial score (nSPS) is 13.0. The first-order valence-corrected chi connectivity index (χ1v) is 7.03. The van der Waals surface area contributed by atoms with Crippen LogP contribution in [0.3, 0.4) is 0 Å². The minimum Gasteiger partial charge on any atom is -0.481 e. The Bertz CT molecular complexity index is 561. The predicted octanol–water partition coefficient (Wildman–Crippen LogP) is 1.94. The van der Waals surface area contributed by atoms with E-state index in [4.69, 9.17) is 15.1 Å². The summed E-state index contributed by atoms with van der Waals surface area (Å²) in [6.07, 6.45) is -0.480. The van der Waals surface area contributed by atoms with E-state index in [0.717, 1.165) is 0 Å². The molecule has 6 heteroatoms. The maximum atomic E-state index is 12.0. The number of carbonyl (C=O) groups excluding carboxylic acids is 1. The average Bonchev–Trinajstić information content (AvgIpc) is 2.46. The molecule has 1 aromatic rings. The van der Waals surface area contributed by atoms with Crippen LogP contribution in [-0.2, 0) is 9.59 Å². The zero-order chi connectivity index (χ0) is 16.7. The van der Waals surface area contributed by atoms with Crippen molar-refractivity contribution in [2.75, 3.05) is 0 Å². The molecule has 0 aliphatic heterocycles. The van der Waals surface area contributed by atoms with E-state index in [0.29, 0.717) is 17.7 Å². The molecule has 1 amide bonds. The van der Waals surface area contributed by atoms with Gasteiger partial charge in [0.25, 0.3) is 5.91 Å². The number of carboxylic acids is 1. The molecule has 2 atom stereocenters. The molecule has 0 saturated heterocycles. The molecule has 2 N–H and O–H groups in total. The fourth-order valence-electron chi connectivity index (χ4n) is 1.85. The molecule has 0 spiro atoms. The largest absolute Gasteiger partial charge is 0.481 e. The number of nitrogens with zero attached hydrogens (tertiary/aromatic N) is 1. The average molecular weight is 304 g/mol. The highest BCUT2D eigenvalue weighted by molar-refractivity contribution is 5.86. The maximum Gasteiger partial charge on any atom is 0.326 e. The van der Waals surface area contributed by atoms with Crippen LogP contribution in [0.4, 0.5) is 0 Å². The van der Waals surface area contributed by atoms with Gasteiger partial charge in [0.05, 0.1) is 11.6 Å². The van der Waals surface area contributed by atoms with Crippen LogP contribution < -0.4 is 10.1 Å². The number of hydrogen-bond donors (Lipinski definition) is 2. The van der Waals surface area contributed by atoms with Crippen LogP contribution in [0, 0.1) is 17.2 Å². The van der Waals surface area contributed by atoms with Crippen LogP contribution in [0.2, 0.25) is 0 Å². The van der Waals surface area contributed by atoms with Crippen molar-refractivity contribution < 1.29 is 19.4 Å². The smallest absolute Gasteiger partial charge is 0.326 e. The molecule has 118 valence electrons. The fourth-order valence-corrected chi connectivity index (χ4v) is 1.85. The summed E-state index contributed by atoms with van der Waals surface area (Å²) in [5, 5.41) is 20.3. The van der Waals surface area contributed by atoms with E-state index in [-0.39, 0.29) is 5.92 Å². The molecule has 1 aromatic carbocycles. The lowest BCUT2D eigenvalue weighted by atomic mass is 10.0. The van der Waals surface area contributed by atoms with Crippen LogP contribution in [0.15, 0.2) is 24.3 Å². The number of hydrogen-bond acceptors (Lipinski definition) is 4. The SMILES string of the molecule is CC(C)C[C@@H](NC(=O)C(C)Oc1ccc(C#N)cc1)C(=O)O. The van der Waals surface area contributed by atoms with Crippen molar-refractivity contribution in [1.29, 1.82) is 5.26 Å². The number of nitrogens with one attached hydrogen (secondary N) is 1. The molecule has 1 unspecified atom stereocenters. The van der Waals surface area contributed by atoms with Crippen LogP contribution >= 0.6 is 0 Å². The molecule has 0 aliphatic rings. The molecule has 0 aromatic heterocycles. The van der Waals surface area contributed by atoms with E-state index in [2.05, 4.69) is 5.32 Å². The number of benzene rings is 1. The monoisotopic (exact) mass is 304 g/mol. The van der Waals surface area contributed by atoms with Crippen LogP contribution in [-0.4, -0.2) is 29.1 Å². The highest BCUT2D eigenvalue weighted by Gasteiger charge is 2.24. The number of nitriles is 1. The van der Waals surface area contributed by atoms with Gasteiger partial charge < -0.3 is 15.2 Å². The van der Waals surface area contributed by atoms with Crippen molar-refractivity contribution in [3.05, 3.63) is 29.8 Å². The number of carbonyl (C=O) groups is 2. The standard InChI is InChI=1S/C16H20N2O4/c1-10(2)8-14(16(20)21)18-15(19)11(3)22-13-6-4-12(9-17)5-7-13/h4-7,10-11,14H,8H2,1-3H3,(H,18,19)(H,20,21)/t11?,14-/m1/s1. The van der Waals surface area contributed by atoms with Crippen LogP contribution in [0.25, 0.3) is 0 Å². The molecule has 0 fully saturated rings. The van der Waals surface area contributed by atoms with E-state index in [9.17, 15) is 9.59 Å². The minimum absolute atomic E-state index is 0.149. The van der Waals surface area contributed by atoms with Crippen LogP contribution in [0.5, 0.6) is 5.75 Å². The summed E-state index contributed by atoms with van der Waals surface area (Å²) in [4.78, 5) is 23.2. The van der Waals surface area contributed by atoms with Gasteiger partial charge in [-0.05, 0) is 43.5 Å². The Morgan fingerprint density at radius 1 is 1.27 bits per heavy atom. The van der Waals surface area contributed by atoms with E-state index in [1.165, 1.54) is 0 Å². The Hall–Kier alpha value is -2.55. The fraction of sp³-hybridized carbons (Fsp3) is 0.438. The number of rotatable bonds is 7. The Labute approximate surface area is 129 Å². The zero-order valence-corrected chi connectivity index (χ0v) is 12.9. The topological polar surface area (TPSA) is 99.4 Å². The van der Waals surface area contributed by atoms with E-state index >= 15 is 0 Å². The van der Waals surface area contributed by atoms with Crippen molar-refractivity contribution in [2.45, 2.75) is 39.3 Å². The number of ether oxygens (including phenoxy) is 1. The summed E-state index contributed by atoms with van der Waals surface area (Å²) in [6.45, 7) is 5.32. The van der Waals surface area contributed by atoms with Crippen molar-refractivity contribution >= 4 is 11.9 Å². The predicted molar refractivity (Wildman–Crippen MR) is 80.3 cm³/mol. The van der Waals surface area contributed by atoms with E-state index in [1.54, 1.807) is 31.2 Å². The van der Waals surface area contributed by atoms with Gasteiger partial charge in [-0.1, -0.05) is 13.8 Å². The first-order chi connectivity index (χ1) is 10.3. The molecule has 0 bridgehead atoms. The lowest BCUT2D eigenvalue weighted by Crippen LogP contribution is -2.46. The summed E-state index contributed by atoms with van der Waals surface area (Å²) in [7, 11) is 0. The van der Waals surface area contributed by atoms with Crippen molar-refractivity contribution in [2.24, 2.45) is 5.92 Å². The quantitative estimate of drug-likeness (QED) is 0.802. The molecule has 0 heterocycles. The lowest BCUT2D eigenvalue weighted by Gasteiger charge is -2.20. The second kappa shape index (κ2) is 8.03. The molecule has 1 rings (SSSR count). The minimum atomic E-state index is -1.06. The second-order valence-electron chi connectivity index (χ2n) is 5.43. The Morgan fingerprint density at radius 2 is 1.86 bits per heavy atom. The molecular formula is C16H20N2O4. The summed E-state index contributed by atoms with van der Waals surface area (Å²) in [5.74, 6) is -0.960. The van der Waals surface area contributed by atoms with Gasteiger partial charge in [-0.15, -0.1) is 0 Å². The summed E-state index contributed by atoms with van der Waals surface area (Å²) in [6, 6.07) is 7.40. The third kappa shape index (κ3) is 5.44. The lowest BCUT2D eigenvalue weighted by molar-refractivity contribution is -0.143. The molecule has 0 saturated carbocycles. The molecule has 0 aliphatic carbocycles. The maximum absolute atomic E-state index is 12.0. The third-order valence-corrected chi connectivity index (χ3v) is 2.99.